The second kappa shape index (κ2) is 9.74. The number of halogens is 1. The Balaban J connectivity index is 1.60. The van der Waals surface area contributed by atoms with Gasteiger partial charge in [0.15, 0.2) is 0 Å². The van der Waals surface area contributed by atoms with E-state index < -0.39 is 0 Å². The van der Waals surface area contributed by atoms with E-state index in [0.717, 1.165) is 57.9 Å². The van der Waals surface area contributed by atoms with Gasteiger partial charge in [0.25, 0.3) is 5.91 Å². The van der Waals surface area contributed by atoms with Crippen LogP contribution in [0.15, 0.2) is 59.1 Å². The predicted molar refractivity (Wildman–Crippen MR) is 135 cm³/mol. The molecule has 0 bridgehead atoms. The molecule has 32 heavy (non-hydrogen) atoms. The maximum atomic E-state index is 14.3. The molecule has 2 aromatic carbocycles. The fraction of sp³-hybridized carbons (Fsp3) is 0.429. The molecule has 3 nitrogen and oxygen atoms in total. The van der Waals surface area contributed by atoms with Crippen molar-refractivity contribution in [3.05, 3.63) is 64.6 Å². The van der Waals surface area contributed by atoms with E-state index in [1.807, 2.05) is 36.4 Å². The zero-order valence-electron chi connectivity index (χ0n) is 18.6. The molecule has 0 aliphatic heterocycles. The minimum Gasteiger partial charge on any atom is -0.333 e. The van der Waals surface area contributed by atoms with Crippen molar-refractivity contribution >= 4 is 32.7 Å². The number of benzene rings is 2. The van der Waals surface area contributed by atoms with Gasteiger partial charge in [0, 0.05) is 27.5 Å². The first-order valence-corrected chi connectivity index (χ1v) is 13.0. The minimum atomic E-state index is 0.209. The van der Waals surface area contributed by atoms with E-state index in [0.29, 0.717) is 12.1 Å². The van der Waals surface area contributed by atoms with Crippen LogP contribution in [0, 0.1) is 0 Å². The molecular weight excluding hydrogens is 460 g/mol. The monoisotopic (exact) mass is 490 g/mol. The fourth-order valence-electron chi connectivity index (χ4n) is 5.61. The number of carbonyl (C=O) groups is 1. The van der Waals surface area contributed by atoms with Gasteiger partial charge in [-0.05, 0) is 49.9 Å². The van der Waals surface area contributed by atoms with E-state index in [9.17, 15) is 4.79 Å². The molecule has 0 atom stereocenters. The van der Waals surface area contributed by atoms with Crippen molar-refractivity contribution in [2.45, 2.75) is 76.3 Å². The molecule has 1 aromatic heterocycles. The van der Waals surface area contributed by atoms with Gasteiger partial charge >= 0.3 is 0 Å². The lowest BCUT2D eigenvalue weighted by Crippen LogP contribution is -2.48. The molecular formula is C28H31BrN2O. The number of rotatable bonds is 4. The van der Waals surface area contributed by atoms with Gasteiger partial charge in [-0.3, -0.25) is 4.79 Å². The first-order chi connectivity index (χ1) is 15.7. The molecule has 2 fully saturated rings. The number of hydrogen-bond acceptors (Lipinski definition) is 2. The van der Waals surface area contributed by atoms with Gasteiger partial charge in [-0.2, -0.15) is 0 Å². The lowest BCUT2D eigenvalue weighted by molar-refractivity contribution is 0.0450. The first kappa shape index (κ1) is 21.6. The summed E-state index contributed by atoms with van der Waals surface area (Å²) in [4.78, 5) is 21.5. The molecule has 1 amide bonds. The Bertz CT molecular complexity index is 1060. The maximum Gasteiger partial charge on any atom is 0.255 e. The number of hydrogen-bond donors (Lipinski definition) is 0. The van der Waals surface area contributed by atoms with Crippen LogP contribution in [0.2, 0.25) is 0 Å². The van der Waals surface area contributed by atoms with Crippen LogP contribution >= 0.6 is 15.9 Å². The Kier molecular flexibility index (Phi) is 6.59. The Morgan fingerprint density at radius 3 is 2.03 bits per heavy atom. The van der Waals surface area contributed by atoms with Gasteiger partial charge in [0.05, 0.1) is 16.8 Å². The van der Waals surface area contributed by atoms with Crippen molar-refractivity contribution in [1.29, 1.82) is 0 Å². The zero-order chi connectivity index (χ0) is 21.9. The summed E-state index contributed by atoms with van der Waals surface area (Å²) in [6.45, 7) is 0. The summed E-state index contributed by atoms with van der Waals surface area (Å²) < 4.78 is 1.04. The molecule has 166 valence electrons. The summed E-state index contributed by atoms with van der Waals surface area (Å²) in [6.07, 6.45) is 12.1. The van der Waals surface area contributed by atoms with Crippen molar-refractivity contribution < 1.29 is 4.79 Å². The highest BCUT2D eigenvalue weighted by atomic mass is 79.9. The van der Waals surface area contributed by atoms with E-state index in [1.165, 1.54) is 38.5 Å². The largest absolute Gasteiger partial charge is 0.333 e. The van der Waals surface area contributed by atoms with Crippen LogP contribution in [0.3, 0.4) is 0 Å². The van der Waals surface area contributed by atoms with Crippen LogP contribution < -0.4 is 0 Å². The molecule has 2 aliphatic rings. The summed E-state index contributed by atoms with van der Waals surface area (Å²) in [5, 5.41) is 0.968. The van der Waals surface area contributed by atoms with Crippen LogP contribution in [-0.4, -0.2) is 27.9 Å². The number of carbonyl (C=O) groups excluding carboxylic acids is 1. The van der Waals surface area contributed by atoms with Crippen molar-refractivity contribution in [3.63, 3.8) is 0 Å². The summed E-state index contributed by atoms with van der Waals surface area (Å²) in [5.74, 6) is 0.209. The number of para-hydroxylation sites is 1. The normalized spacial score (nSPS) is 18.0. The van der Waals surface area contributed by atoms with E-state index in [2.05, 4.69) is 39.0 Å². The number of fused-ring (bicyclic) bond motifs is 1. The number of aromatic nitrogens is 1. The number of nitrogens with zero attached hydrogens (tertiary/aromatic N) is 2. The summed E-state index contributed by atoms with van der Waals surface area (Å²) in [5.41, 5.74) is 3.61. The predicted octanol–water partition coefficient (Wildman–Crippen LogP) is 7.77. The van der Waals surface area contributed by atoms with Crippen LogP contribution in [0.1, 0.15) is 74.6 Å². The Morgan fingerprint density at radius 1 is 0.812 bits per heavy atom. The SMILES string of the molecule is O=C(c1cc(-c2ccc(Br)cc2)nc2ccccc12)N(C1CCCCC1)C1CCCCC1. The van der Waals surface area contributed by atoms with Gasteiger partial charge in [-0.15, -0.1) is 0 Å². The number of amides is 1. The molecule has 0 N–H and O–H groups in total. The molecule has 0 unspecified atom stereocenters. The van der Waals surface area contributed by atoms with E-state index in [4.69, 9.17) is 4.98 Å². The van der Waals surface area contributed by atoms with Gasteiger partial charge in [0.2, 0.25) is 0 Å². The van der Waals surface area contributed by atoms with Crippen LogP contribution in [0.5, 0.6) is 0 Å². The highest BCUT2D eigenvalue weighted by Crippen LogP contribution is 2.34. The Morgan fingerprint density at radius 2 is 1.41 bits per heavy atom. The van der Waals surface area contributed by atoms with Crippen LogP contribution in [-0.2, 0) is 0 Å². The lowest BCUT2D eigenvalue weighted by atomic mass is 9.87. The van der Waals surface area contributed by atoms with E-state index >= 15 is 0 Å². The third-order valence-corrected chi connectivity index (χ3v) is 7.79. The average Bonchev–Trinajstić information content (AvgIpc) is 2.85. The minimum absolute atomic E-state index is 0.209. The van der Waals surface area contributed by atoms with E-state index in [-0.39, 0.29) is 5.91 Å². The summed E-state index contributed by atoms with van der Waals surface area (Å²) in [6, 6.07) is 19.1. The molecule has 5 rings (SSSR count). The van der Waals surface area contributed by atoms with Gasteiger partial charge in [-0.25, -0.2) is 4.98 Å². The first-order valence-electron chi connectivity index (χ1n) is 12.2. The Labute approximate surface area is 199 Å². The molecule has 2 aliphatic carbocycles. The third kappa shape index (κ3) is 4.47. The molecule has 4 heteroatoms. The van der Waals surface area contributed by atoms with Crippen LogP contribution in [0.25, 0.3) is 22.2 Å². The highest BCUT2D eigenvalue weighted by molar-refractivity contribution is 9.10. The molecule has 2 saturated carbocycles. The Hall–Kier alpha value is -2.20. The van der Waals surface area contributed by atoms with Crippen molar-refractivity contribution in [2.75, 3.05) is 0 Å². The second-order valence-corrected chi connectivity index (χ2v) is 10.3. The molecule has 0 saturated heterocycles. The molecule has 3 aromatic rings. The fourth-order valence-corrected chi connectivity index (χ4v) is 5.87. The van der Waals surface area contributed by atoms with Gasteiger partial charge in [-0.1, -0.05) is 84.8 Å². The van der Waals surface area contributed by atoms with Gasteiger partial charge in [0.1, 0.15) is 0 Å². The zero-order valence-corrected chi connectivity index (χ0v) is 20.2. The summed E-state index contributed by atoms with van der Waals surface area (Å²) in [7, 11) is 0. The maximum absolute atomic E-state index is 14.3. The topological polar surface area (TPSA) is 33.2 Å². The lowest BCUT2D eigenvalue weighted by Gasteiger charge is -2.42. The van der Waals surface area contributed by atoms with E-state index in [1.54, 1.807) is 0 Å². The average molecular weight is 491 g/mol. The molecule has 0 radical (unpaired) electrons. The van der Waals surface area contributed by atoms with Crippen molar-refractivity contribution in [3.8, 4) is 11.3 Å². The summed E-state index contributed by atoms with van der Waals surface area (Å²) >= 11 is 3.52. The quantitative estimate of drug-likeness (QED) is 0.374. The standard InChI is InChI=1S/C28H31BrN2O/c29-21-17-15-20(16-18-21)27-19-25(24-13-7-8-14-26(24)30-27)28(32)31(22-9-3-1-4-10-22)23-11-5-2-6-12-23/h7-8,13-19,22-23H,1-6,9-12H2. The highest BCUT2D eigenvalue weighted by Gasteiger charge is 2.34. The molecule has 1 heterocycles. The third-order valence-electron chi connectivity index (χ3n) is 7.26. The second-order valence-electron chi connectivity index (χ2n) is 9.38. The van der Waals surface area contributed by atoms with Crippen LogP contribution in [0.4, 0.5) is 0 Å². The molecule has 0 spiro atoms. The van der Waals surface area contributed by atoms with Gasteiger partial charge < -0.3 is 4.90 Å². The van der Waals surface area contributed by atoms with Crippen molar-refractivity contribution in [2.24, 2.45) is 0 Å². The number of pyridine rings is 1. The smallest absolute Gasteiger partial charge is 0.255 e. The van der Waals surface area contributed by atoms with Crippen molar-refractivity contribution in [1.82, 2.24) is 9.88 Å².